The molecule has 0 radical (unpaired) electrons. The molecule has 0 bridgehead atoms. The van der Waals surface area contributed by atoms with Gasteiger partial charge in [0.2, 0.25) is 5.24 Å². The van der Waals surface area contributed by atoms with Crippen LogP contribution in [0.5, 0.6) is 0 Å². The molecule has 13 heavy (non-hydrogen) atoms. The molecule has 0 fully saturated rings. The van der Waals surface area contributed by atoms with Crippen molar-refractivity contribution >= 4 is 39.4 Å². The lowest BCUT2D eigenvalue weighted by molar-refractivity contribution is -0.111. The monoisotopic (exact) mass is 312 g/mol. The van der Waals surface area contributed by atoms with Crippen molar-refractivity contribution in [3.8, 4) is 0 Å². The average molecular weight is 313 g/mol. The second-order valence-corrected chi connectivity index (χ2v) is 4.17. The van der Waals surface area contributed by atoms with Gasteiger partial charge in [0.25, 0.3) is 0 Å². The topological polar surface area (TPSA) is 17.1 Å². The average Bonchev–Trinajstić information content (AvgIpc) is 2.06. The van der Waals surface area contributed by atoms with E-state index in [1.165, 1.54) is 12.1 Å². The Labute approximate surface area is 94.4 Å². The quantitative estimate of drug-likeness (QED) is 0.619. The molecule has 0 spiro atoms. The van der Waals surface area contributed by atoms with E-state index in [1.54, 1.807) is 6.07 Å². The fourth-order valence-electron chi connectivity index (χ4n) is 0.968. The molecule has 0 N–H and O–H groups in total. The zero-order valence-electron chi connectivity index (χ0n) is 6.69. The van der Waals surface area contributed by atoms with Gasteiger partial charge < -0.3 is 0 Å². The second-order valence-electron chi connectivity index (χ2n) is 2.59. The summed E-state index contributed by atoms with van der Waals surface area (Å²) in [6, 6.07) is 4.51. The van der Waals surface area contributed by atoms with E-state index in [4.69, 9.17) is 11.6 Å². The number of hydrogen-bond donors (Lipinski definition) is 0. The molecule has 0 aliphatic carbocycles. The lowest BCUT2D eigenvalue weighted by Crippen LogP contribution is -1.95. The van der Waals surface area contributed by atoms with Crippen molar-refractivity contribution in [2.45, 2.75) is 12.8 Å². The predicted octanol–water partition coefficient (Wildman–Crippen LogP) is 3.13. The van der Waals surface area contributed by atoms with Crippen LogP contribution in [0.3, 0.4) is 0 Å². The lowest BCUT2D eigenvalue weighted by Gasteiger charge is -2.01. The van der Waals surface area contributed by atoms with Crippen LogP contribution in [0.2, 0.25) is 0 Å². The minimum atomic E-state index is -0.389. The van der Waals surface area contributed by atoms with Gasteiger partial charge in [-0.05, 0) is 64.4 Å². The minimum absolute atomic E-state index is 0.251. The zero-order chi connectivity index (χ0) is 9.84. The van der Waals surface area contributed by atoms with E-state index in [9.17, 15) is 9.18 Å². The molecule has 70 valence electrons. The Morgan fingerprint density at radius 3 is 2.85 bits per heavy atom. The summed E-state index contributed by atoms with van der Waals surface area (Å²) in [5.41, 5.74) is 0.828. The molecule has 1 rings (SSSR count). The van der Waals surface area contributed by atoms with Crippen molar-refractivity contribution in [3.63, 3.8) is 0 Å². The van der Waals surface area contributed by atoms with Crippen molar-refractivity contribution in [3.05, 3.63) is 33.1 Å². The van der Waals surface area contributed by atoms with Crippen LogP contribution in [0.1, 0.15) is 12.0 Å². The fraction of sp³-hybridized carbons (Fsp3) is 0.222. The third-order valence-corrected chi connectivity index (χ3v) is 2.84. The molecule has 0 saturated carbocycles. The van der Waals surface area contributed by atoms with Crippen LogP contribution in [-0.4, -0.2) is 5.24 Å². The number of carbonyl (C=O) groups excluding carboxylic acids is 1. The van der Waals surface area contributed by atoms with Gasteiger partial charge in [0.15, 0.2) is 0 Å². The third-order valence-electron chi connectivity index (χ3n) is 1.60. The molecule has 0 aliphatic rings. The van der Waals surface area contributed by atoms with Crippen LogP contribution in [0, 0.1) is 9.39 Å². The smallest absolute Gasteiger partial charge is 0.221 e. The molecule has 0 unspecified atom stereocenters. The Morgan fingerprint density at radius 1 is 1.54 bits per heavy atom. The summed E-state index contributed by atoms with van der Waals surface area (Å²) >= 11 is 7.29. The highest BCUT2D eigenvalue weighted by Crippen LogP contribution is 2.15. The van der Waals surface area contributed by atoms with Gasteiger partial charge in [0.1, 0.15) is 5.82 Å². The second kappa shape index (κ2) is 4.91. The molecule has 0 atom stereocenters. The molecular weight excluding hydrogens is 305 g/mol. The van der Waals surface area contributed by atoms with E-state index < -0.39 is 0 Å². The molecule has 0 aromatic heterocycles. The third kappa shape index (κ3) is 3.60. The lowest BCUT2D eigenvalue weighted by atomic mass is 10.1. The molecule has 1 aromatic rings. The number of benzene rings is 1. The molecule has 1 nitrogen and oxygen atoms in total. The number of aryl methyl sites for hydroxylation is 1. The largest absolute Gasteiger partial charge is 0.281 e. The van der Waals surface area contributed by atoms with Crippen LogP contribution in [0.25, 0.3) is 0 Å². The first-order valence-electron chi connectivity index (χ1n) is 3.72. The number of carbonyl (C=O) groups is 1. The molecular formula is C9H7ClFIO. The van der Waals surface area contributed by atoms with Crippen molar-refractivity contribution in [2.75, 3.05) is 0 Å². The summed E-state index contributed by atoms with van der Waals surface area (Å²) in [6.07, 6.45) is 0.749. The highest BCUT2D eigenvalue weighted by Gasteiger charge is 2.03. The summed E-state index contributed by atoms with van der Waals surface area (Å²) in [5, 5.41) is -0.389. The van der Waals surface area contributed by atoms with Gasteiger partial charge in [-0.15, -0.1) is 0 Å². The van der Waals surface area contributed by atoms with Crippen LogP contribution in [0.15, 0.2) is 18.2 Å². The van der Waals surface area contributed by atoms with Gasteiger partial charge in [0.05, 0.1) is 0 Å². The van der Waals surface area contributed by atoms with Crippen molar-refractivity contribution in [1.29, 1.82) is 0 Å². The fourth-order valence-corrected chi connectivity index (χ4v) is 1.67. The Bertz CT molecular complexity index is 327. The first-order valence-corrected chi connectivity index (χ1v) is 5.17. The zero-order valence-corrected chi connectivity index (χ0v) is 9.60. The standard InChI is InChI=1S/C9H7ClFIO/c10-9(13)4-1-6-5-7(11)2-3-8(6)12/h2-3,5H,1,4H2. The van der Waals surface area contributed by atoms with E-state index in [1.807, 2.05) is 0 Å². The van der Waals surface area contributed by atoms with Crippen LogP contribution in [-0.2, 0) is 11.2 Å². The summed E-state index contributed by atoms with van der Waals surface area (Å²) in [7, 11) is 0. The van der Waals surface area contributed by atoms with Crippen molar-refractivity contribution < 1.29 is 9.18 Å². The van der Waals surface area contributed by atoms with E-state index in [-0.39, 0.29) is 17.5 Å². The van der Waals surface area contributed by atoms with Crippen LogP contribution in [0.4, 0.5) is 4.39 Å². The summed E-state index contributed by atoms with van der Waals surface area (Å²) in [6.45, 7) is 0. The van der Waals surface area contributed by atoms with Gasteiger partial charge >= 0.3 is 0 Å². The van der Waals surface area contributed by atoms with Gasteiger partial charge in [-0.3, -0.25) is 4.79 Å². The highest BCUT2D eigenvalue weighted by molar-refractivity contribution is 14.1. The van der Waals surface area contributed by atoms with Crippen molar-refractivity contribution in [1.82, 2.24) is 0 Å². The molecule has 4 heteroatoms. The Morgan fingerprint density at radius 2 is 2.23 bits per heavy atom. The normalized spacial score (nSPS) is 10.1. The maximum Gasteiger partial charge on any atom is 0.221 e. The van der Waals surface area contributed by atoms with E-state index in [0.29, 0.717) is 6.42 Å². The predicted molar refractivity (Wildman–Crippen MR) is 58.3 cm³/mol. The maximum absolute atomic E-state index is 12.8. The SMILES string of the molecule is O=C(Cl)CCc1cc(F)ccc1I. The molecule has 0 saturated heterocycles. The molecule has 0 amide bonds. The van der Waals surface area contributed by atoms with E-state index >= 15 is 0 Å². The van der Waals surface area contributed by atoms with Crippen LogP contribution >= 0.6 is 34.2 Å². The summed E-state index contributed by atoms with van der Waals surface area (Å²) in [5.74, 6) is -0.280. The number of halogens is 3. The van der Waals surface area contributed by atoms with Gasteiger partial charge in [-0.1, -0.05) is 0 Å². The maximum atomic E-state index is 12.8. The first kappa shape index (κ1) is 10.9. The number of hydrogen-bond acceptors (Lipinski definition) is 1. The molecule has 0 aliphatic heterocycles. The van der Waals surface area contributed by atoms with E-state index in [0.717, 1.165) is 9.13 Å². The van der Waals surface area contributed by atoms with Crippen molar-refractivity contribution in [2.24, 2.45) is 0 Å². The summed E-state index contributed by atoms with van der Waals surface area (Å²) in [4.78, 5) is 10.5. The first-order chi connectivity index (χ1) is 6.09. The van der Waals surface area contributed by atoms with Gasteiger partial charge in [-0.2, -0.15) is 0 Å². The van der Waals surface area contributed by atoms with E-state index in [2.05, 4.69) is 22.6 Å². The minimum Gasteiger partial charge on any atom is -0.281 e. The van der Waals surface area contributed by atoms with Crippen LogP contribution < -0.4 is 0 Å². The number of rotatable bonds is 3. The highest BCUT2D eigenvalue weighted by atomic mass is 127. The molecule has 0 heterocycles. The Balaban J connectivity index is 2.75. The Hall–Kier alpha value is -0.160. The molecule has 1 aromatic carbocycles. The van der Waals surface area contributed by atoms with Gasteiger partial charge in [-0.25, -0.2) is 4.39 Å². The summed E-state index contributed by atoms with van der Waals surface area (Å²) < 4.78 is 13.7. The van der Waals surface area contributed by atoms with Gasteiger partial charge in [0, 0.05) is 9.99 Å². The Kier molecular flexibility index (Phi) is 4.12.